The number of hydrogen-bond acceptors (Lipinski definition) is 4. The highest BCUT2D eigenvalue weighted by molar-refractivity contribution is 6.18. The number of benzene rings is 3. The van der Waals surface area contributed by atoms with Crippen molar-refractivity contribution in [1.29, 1.82) is 0 Å². The lowest BCUT2D eigenvalue weighted by Crippen LogP contribution is -2.23. The summed E-state index contributed by atoms with van der Waals surface area (Å²) in [6.45, 7) is 12.3. The fourth-order valence-corrected chi connectivity index (χ4v) is 6.66. The number of aryl methyl sites for hydroxylation is 2. The van der Waals surface area contributed by atoms with Crippen LogP contribution >= 0.6 is 46.4 Å². The van der Waals surface area contributed by atoms with E-state index in [0.717, 1.165) is 73.6 Å². The number of halogens is 4. The lowest BCUT2D eigenvalue weighted by Gasteiger charge is -2.31. The molecule has 0 bridgehead atoms. The maximum Gasteiger partial charge on any atom is 0.127 e. The van der Waals surface area contributed by atoms with E-state index in [1.807, 2.05) is 64.1 Å². The molecule has 3 aromatic carbocycles. The summed E-state index contributed by atoms with van der Waals surface area (Å²) in [6, 6.07) is 15.8. The van der Waals surface area contributed by atoms with E-state index in [0.29, 0.717) is 46.0 Å². The first kappa shape index (κ1) is 41.9. The molecule has 4 nitrogen and oxygen atoms in total. The summed E-state index contributed by atoms with van der Waals surface area (Å²) < 4.78 is 0. The minimum Gasteiger partial charge on any atom is -0.507 e. The molecule has 0 aliphatic rings. The lowest BCUT2D eigenvalue weighted by atomic mass is 9.74. The van der Waals surface area contributed by atoms with Crippen molar-refractivity contribution in [3.8, 4) is 11.5 Å². The van der Waals surface area contributed by atoms with Gasteiger partial charge in [-0.2, -0.15) is 0 Å². The molecule has 3 rings (SSSR count). The Balaban J connectivity index is 0.00000392. The summed E-state index contributed by atoms with van der Waals surface area (Å²) in [7, 11) is 0. The largest absolute Gasteiger partial charge is 0.507 e. The molecule has 2 N–H and O–H groups in total. The van der Waals surface area contributed by atoms with E-state index in [2.05, 4.69) is 26.0 Å². The third kappa shape index (κ3) is 11.7. The molecule has 0 unspecified atom stereocenters. The van der Waals surface area contributed by atoms with E-state index in [9.17, 15) is 10.2 Å². The molecule has 3 aromatic rings. The van der Waals surface area contributed by atoms with E-state index in [1.165, 1.54) is 0 Å². The highest BCUT2D eigenvalue weighted by Crippen LogP contribution is 2.39. The third-order valence-electron chi connectivity index (χ3n) is 9.07. The van der Waals surface area contributed by atoms with Crippen molar-refractivity contribution in [2.24, 2.45) is 9.98 Å². The molecule has 48 heavy (non-hydrogen) atoms. The fraction of sp³-hybridized carbons (Fsp3) is 0.500. The number of hydrogen-bond donors (Lipinski definition) is 2. The van der Waals surface area contributed by atoms with Gasteiger partial charge >= 0.3 is 0 Å². The Bertz CT molecular complexity index is 1360. The van der Waals surface area contributed by atoms with Gasteiger partial charge in [0.25, 0.3) is 0 Å². The number of rotatable bonds is 18. The zero-order chi connectivity index (χ0) is 35.7. The number of nitrogens with zero attached hydrogens (tertiary/aromatic N) is 2. The van der Waals surface area contributed by atoms with Crippen LogP contribution < -0.4 is 0 Å². The molecule has 0 saturated carbocycles. The van der Waals surface area contributed by atoms with Crippen LogP contribution in [0.5, 0.6) is 11.5 Å². The van der Waals surface area contributed by atoms with Crippen LogP contribution in [0.2, 0.25) is 0 Å². The van der Waals surface area contributed by atoms with Crippen molar-refractivity contribution in [2.75, 3.05) is 23.5 Å². The van der Waals surface area contributed by atoms with Gasteiger partial charge in [0, 0.05) is 47.1 Å². The minimum atomic E-state index is -0.119. The molecular formula is C40H54Cl4N2O2. The Morgan fingerprint density at radius 3 is 1.19 bits per heavy atom. The van der Waals surface area contributed by atoms with Gasteiger partial charge in [-0.3, -0.25) is 9.98 Å². The monoisotopic (exact) mass is 734 g/mol. The molecule has 0 fully saturated rings. The van der Waals surface area contributed by atoms with Gasteiger partial charge in [-0.25, -0.2) is 0 Å². The second-order valence-corrected chi connectivity index (χ2v) is 14.3. The average Bonchev–Trinajstić information content (AvgIpc) is 3.10. The van der Waals surface area contributed by atoms with Gasteiger partial charge < -0.3 is 10.2 Å². The van der Waals surface area contributed by atoms with Gasteiger partial charge in [0.1, 0.15) is 11.5 Å². The number of phenolic OH excluding ortho intramolecular Hbond substituents is 2. The summed E-state index contributed by atoms with van der Waals surface area (Å²) in [5, 5.41) is 22.0. The zero-order valence-electron chi connectivity index (χ0n) is 29.6. The molecule has 0 atom stereocenters. The summed E-state index contributed by atoms with van der Waals surface area (Å²) in [5.74, 6) is 2.80. The number of aromatic hydroxyl groups is 2. The van der Waals surface area contributed by atoms with Crippen LogP contribution in [0.4, 0.5) is 11.4 Å². The molecule has 0 saturated heterocycles. The SMILES string of the molecule is CC.Cc1cc(C(C)(CCCCl)CCCCl)cc(C=Nc2ccccc2N=Cc2cc(C(C)(CCCCl)CCCCl)cc(C)c2O)c1O. The fourth-order valence-electron chi connectivity index (χ4n) is 6.12. The Morgan fingerprint density at radius 1 is 0.583 bits per heavy atom. The van der Waals surface area contributed by atoms with Crippen molar-refractivity contribution in [1.82, 2.24) is 0 Å². The standard InChI is InChI=1S/C38H48Cl4N2O2.C2H6/c1-27-21-31(37(3,13-7-17-39)14-8-18-40)23-29(35(27)45)25-43-33-11-5-6-12-34(33)44-26-30-24-32(22-28(2)36(30)46)38(4,15-9-19-41)16-10-20-42;1-2/h5-6,11-12,21-26,45-46H,7-10,13-20H2,1-4H3;1-2H3. The third-order valence-corrected chi connectivity index (χ3v) is 10.1. The van der Waals surface area contributed by atoms with E-state index < -0.39 is 0 Å². The van der Waals surface area contributed by atoms with Crippen LogP contribution in [-0.4, -0.2) is 46.2 Å². The quantitative estimate of drug-likeness (QED) is 0.101. The van der Waals surface area contributed by atoms with Crippen molar-refractivity contribution in [2.45, 2.75) is 104 Å². The maximum atomic E-state index is 11.0. The van der Waals surface area contributed by atoms with Crippen LogP contribution in [-0.2, 0) is 10.8 Å². The molecule has 8 heteroatoms. The van der Waals surface area contributed by atoms with Crippen molar-refractivity contribution in [3.63, 3.8) is 0 Å². The molecular weight excluding hydrogens is 682 g/mol. The van der Waals surface area contributed by atoms with Crippen LogP contribution in [0.1, 0.15) is 112 Å². The second-order valence-electron chi connectivity index (χ2n) is 12.8. The number of para-hydroxylation sites is 2. The molecule has 0 heterocycles. The van der Waals surface area contributed by atoms with Crippen LogP contribution in [0.25, 0.3) is 0 Å². The van der Waals surface area contributed by atoms with Crippen LogP contribution in [0, 0.1) is 13.8 Å². The van der Waals surface area contributed by atoms with Crippen molar-refractivity contribution in [3.05, 3.63) is 81.9 Å². The molecule has 0 aliphatic carbocycles. The highest BCUT2D eigenvalue weighted by atomic mass is 35.5. The van der Waals surface area contributed by atoms with Gasteiger partial charge in [0.2, 0.25) is 0 Å². The van der Waals surface area contributed by atoms with Gasteiger partial charge in [-0.05, 0) is 123 Å². The smallest absolute Gasteiger partial charge is 0.127 e. The Kier molecular flexibility index (Phi) is 18.4. The predicted molar refractivity (Wildman–Crippen MR) is 213 cm³/mol. The molecule has 0 aliphatic heterocycles. The number of aliphatic imine (C=N–C) groups is 2. The first-order chi connectivity index (χ1) is 23.0. The summed E-state index contributed by atoms with van der Waals surface area (Å²) in [6.07, 6.45) is 10.7. The van der Waals surface area contributed by atoms with E-state index in [1.54, 1.807) is 12.4 Å². The van der Waals surface area contributed by atoms with Gasteiger partial charge in [-0.1, -0.05) is 52.0 Å². The lowest BCUT2D eigenvalue weighted by molar-refractivity contribution is 0.392. The van der Waals surface area contributed by atoms with E-state index in [4.69, 9.17) is 56.4 Å². The normalized spacial score (nSPS) is 12.1. The molecule has 0 amide bonds. The van der Waals surface area contributed by atoms with Gasteiger partial charge in [-0.15, -0.1) is 46.4 Å². The minimum absolute atomic E-state index is 0.119. The van der Waals surface area contributed by atoms with Crippen LogP contribution in [0.15, 0.2) is 58.5 Å². The first-order valence-corrected chi connectivity index (χ1v) is 19.2. The second kappa shape index (κ2) is 21.1. The predicted octanol–water partition coefficient (Wildman–Crippen LogP) is 12.8. The van der Waals surface area contributed by atoms with Crippen molar-refractivity contribution < 1.29 is 10.2 Å². The van der Waals surface area contributed by atoms with Crippen LogP contribution in [0.3, 0.4) is 0 Å². The first-order valence-electron chi connectivity index (χ1n) is 17.1. The zero-order valence-corrected chi connectivity index (χ0v) is 32.6. The molecule has 0 spiro atoms. The molecule has 0 aromatic heterocycles. The maximum absolute atomic E-state index is 11.0. The van der Waals surface area contributed by atoms with Gasteiger partial charge in [0.05, 0.1) is 11.4 Å². The Hall–Kier alpha value is -2.24. The summed E-state index contributed by atoms with van der Waals surface area (Å²) >= 11 is 24.3. The summed E-state index contributed by atoms with van der Waals surface area (Å²) in [5.41, 5.74) is 6.21. The average molecular weight is 737 g/mol. The molecule has 0 radical (unpaired) electrons. The number of alkyl halides is 4. The van der Waals surface area contributed by atoms with Crippen molar-refractivity contribution >= 4 is 70.2 Å². The highest BCUT2D eigenvalue weighted by Gasteiger charge is 2.28. The van der Waals surface area contributed by atoms with Gasteiger partial charge in [0.15, 0.2) is 0 Å². The van der Waals surface area contributed by atoms with E-state index in [-0.39, 0.29) is 22.3 Å². The molecule has 264 valence electrons. The summed E-state index contributed by atoms with van der Waals surface area (Å²) in [4.78, 5) is 9.55. The Morgan fingerprint density at radius 2 is 0.896 bits per heavy atom. The van der Waals surface area contributed by atoms with E-state index >= 15 is 0 Å². The Labute approximate surface area is 309 Å². The topological polar surface area (TPSA) is 65.2 Å². The number of phenols is 2.